The van der Waals surface area contributed by atoms with E-state index in [2.05, 4.69) is 10.6 Å². The van der Waals surface area contributed by atoms with Crippen LogP contribution in [0.25, 0.3) is 0 Å². The maximum Gasteiger partial charge on any atom is 0.255 e. The number of rotatable bonds is 7. The average molecular weight is 514 g/mol. The standard InChI is InChI=1S/C29H27N3O6/c1-17-7-9-18(10-8-17)29(36)31-26-22(30-23(33)15-32(2)16-24-37-13-14-38-24)12-11-21-25(26)28(35)20-6-4-3-5-19(20)27(21)34/h3-12,24H,13-16H2,1-2H3,(H,30,33)(H,31,36). The molecule has 0 aromatic heterocycles. The van der Waals surface area contributed by atoms with Crippen LogP contribution in [0.2, 0.25) is 0 Å². The largest absolute Gasteiger partial charge is 0.349 e. The Balaban J connectivity index is 1.48. The quantitative estimate of drug-likeness (QED) is 0.390. The molecule has 0 unspecified atom stereocenters. The molecule has 1 heterocycles. The lowest BCUT2D eigenvalue weighted by molar-refractivity contribution is -0.118. The van der Waals surface area contributed by atoms with E-state index in [-0.39, 0.29) is 46.3 Å². The molecule has 2 aliphatic rings. The van der Waals surface area contributed by atoms with Crippen LogP contribution in [0.15, 0.2) is 60.7 Å². The van der Waals surface area contributed by atoms with Gasteiger partial charge in [-0.15, -0.1) is 0 Å². The molecule has 5 rings (SSSR count). The maximum atomic E-state index is 13.6. The first-order valence-electron chi connectivity index (χ1n) is 12.3. The van der Waals surface area contributed by atoms with Crippen molar-refractivity contribution in [2.24, 2.45) is 0 Å². The first-order valence-corrected chi connectivity index (χ1v) is 12.3. The van der Waals surface area contributed by atoms with Crippen LogP contribution in [0.5, 0.6) is 0 Å². The molecule has 2 N–H and O–H groups in total. The minimum atomic E-state index is -0.472. The van der Waals surface area contributed by atoms with Gasteiger partial charge in [0, 0.05) is 28.8 Å². The van der Waals surface area contributed by atoms with E-state index in [1.165, 1.54) is 12.1 Å². The van der Waals surface area contributed by atoms with E-state index >= 15 is 0 Å². The number of benzene rings is 3. The molecule has 3 aromatic carbocycles. The second-order valence-electron chi connectivity index (χ2n) is 9.35. The van der Waals surface area contributed by atoms with Gasteiger partial charge in [0.2, 0.25) is 5.91 Å². The fourth-order valence-corrected chi connectivity index (χ4v) is 4.58. The summed E-state index contributed by atoms with van der Waals surface area (Å²) in [5.41, 5.74) is 2.42. The van der Waals surface area contributed by atoms with Gasteiger partial charge in [0.05, 0.1) is 36.7 Å². The summed E-state index contributed by atoms with van der Waals surface area (Å²) in [7, 11) is 1.76. The van der Waals surface area contributed by atoms with E-state index in [9.17, 15) is 19.2 Å². The molecule has 1 aliphatic heterocycles. The molecule has 0 bridgehead atoms. The molecule has 9 heteroatoms. The lowest BCUT2D eigenvalue weighted by Gasteiger charge is -2.24. The van der Waals surface area contributed by atoms with E-state index in [0.29, 0.717) is 30.9 Å². The number of hydrogen-bond acceptors (Lipinski definition) is 7. The topological polar surface area (TPSA) is 114 Å². The number of ketones is 2. The first-order chi connectivity index (χ1) is 18.3. The molecule has 194 valence electrons. The van der Waals surface area contributed by atoms with Crippen LogP contribution >= 0.6 is 0 Å². The summed E-state index contributed by atoms with van der Waals surface area (Å²) in [6.07, 6.45) is -0.399. The Morgan fingerprint density at radius 1 is 0.868 bits per heavy atom. The molecule has 0 atom stereocenters. The second kappa shape index (κ2) is 10.7. The SMILES string of the molecule is Cc1ccc(C(=O)Nc2c(NC(=O)CN(C)CC3OCCO3)ccc3c2C(=O)c2ccccc2C3=O)cc1. The minimum Gasteiger partial charge on any atom is -0.349 e. The van der Waals surface area contributed by atoms with E-state index in [4.69, 9.17) is 9.47 Å². The molecular weight excluding hydrogens is 486 g/mol. The summed E-state index contributed by atoms with van der Waals surface area (Å²) in [5.74, 6) is -1.57. The summed E-state index contributed by atoms with van der Waals surface area (Å²) in [6.45, 7) is 3.35. The van der Waals surface area contributed by atoms with Gasteiger partial charge < -0.3 is 20.1 Å². The molecule has 38 heavy (non-hydrogen) atoms. The number of ether oxygens (including phenoxy) is 2. The highest BCUT2D eigenvalue weighted by atomic mass is 16.7. The smallest absolute Gasteiger partial charge is 0.255 e. The van der Waals surface area contributed by atoms with Crippen LogP contribution in [0.4, 0.5) is 11.4 Å². The van der Waals surface area contributed by atoms with Crippen molar-refractivity contribution in [3.05, 3.63) is 94.0 Å². The van der Waals surface area contributed by atoms with Crippen molar-refractivity contribution in [3.8, 4) is 0 Å². The second-order valence-corrected chi connectivity index (χ2v) is 9.35. The summed E-state index contributed by atoms with van der Waals surface area (Å²) in [4.78, 5) is 54.8. The predicted octanol–water partition coefficient (Wildman–Crippen LogP) is 3.27. The van der Waals surface area contributed by atoms with Gasteiger partial charge in [-0.05, 0) is 38.2 Å². The van der Waals surface area contributed by atoms with E-state index in [0.717, 1.165) is 5.56 Å². The maximum absolute atomic E-state index is 13.6. The Morgan fingerprint density at radius 3 is 2.21 bits per heavy atom. The molecule has 0 saturated carbocycles. The first kappa shape index (κ1) is 25.5. The third-order valence-electron chi connectivity index (χ3n) is 6.48. The normalized spacial score (nSPS) is 14.8. The van der Waals surface area contributed by atoms with Crippen LogP contribution in [0, 0.1) is 6.92 Å². The Bertz CT molecular complexity index is 1430. The van der Waals surface area contributed by atoms with Gasteiger partial charge in [-0.1, -0.05) is 42.0 Å². The predicted molar refractivity (Wildman–Crippen MR) is 141 cm³/mol. The average Bonchev–Trinajstić information content (AvgIpc) is 3.41. The zero-order valence-corrected chi connectivity index (χ0v) is 21.1. The number of anilines is 2. The molecule has 1 fully saturated rings. The summed E-state index contributed by atoms with van der Waals surface area (Å²) < 4.78 is 10.9. The highest BCUT2D eigenvalue weighted by molar-refractivity contribution is 6.31. The number of aryl methyl sites for hydroxylation is 1. The van der Waals surface area contributed by atoms with Crippen molar-refractivity contribution >= 4 is 34.8 Å². The lowest BCUT2D eigenvalue weighted by Crippen LogP contribution is -2.36. The van der Waals surface area contributed by atoms with Crippen molar-refractivity contribution < 1.29 is 28.7 Å². The number of carbonyl (C=O) groups is 4. The van der Waals surface area contributed by atoms with E-state index < -0.39 is 18.0 Å². The Morgan fingerprint density at radius 2 is 1.53 bits per heavy atom. The van der Waals surface area contributed by atoms with Gasteiger partial charge in [-0.2, -0.15) is 0 Å². The fourth-order valence-electron chi connectivity index (χ4n) is 4.58. The van der Waals surface area contributed by atoms with Crippen LogP contribution in [-0.2, 0) is 14.3 Å². The van der Waals surface area contributed by atoms with Crippen LogP contribution in [0.3, 0.4) is 0 Å². The van der Waals surface area contributed by atoms with Crippen molar-refractivity contribution in [2.75, 3.05) is 44.0 Å². The van der Waals surface area contributed by atoms with Crippen LogP contribution < -0.4 is 10.6 Å². The van der Waals surface area contributed by atoms with Gasteiger partial charge in [0.1, 0.15) is 0 Å². The molecule has 9 nitrogen and oxygen atoms in total. The molecule has 3 aromatic rings. The zero-order chi connectivity index (χ0) is 26.8. The highest BCUT2D eigenvalue weighted by Crippen LogP contribution is 2.37. The summed E-state index contributed by atoms with van der Waals surface area (Å²) >= 11 is 0. The number of nitrogens with zero attached hydrogens (tertiary/aromatic N) is 1. The molecule has 1 aliphatic carbocycles. The van der Waals surface area contributed by atoms with Gasteiger partial charge in [0.25, 0.3) is 5.91 Å². The monoisotopic (exact) mass is 513 g/mol. The van der Waals surface area contributed by atoms with Crippen LogP contribution in [-0.4, -0.2) is 67.9 Å². The van der Waals surface area contributed by atoms with Crippen molar-refractivity contribution in [1.82, 2.24) is 4.90 Å². The Hall–Kier alpha value is -4.18. The fraction of sp³-hybridized carbons (Fsp3) is 0.241. The molecule has 2 amide bonds. The molecule has 0 radical (unpaired) electrons. The zero-order valence-electron chi connectivity index (χ0n) is 21.1. The third-order valence-corrected chi connectivity index (χ3v) is 6.48. The van der Waals surface area contributed by atoms with Gasteiger partial charge in [-0.3, -0.25) is 24.1 Å². The van der Waals surface area contributed by atoms with Crippen molar-refractivity contribution in [2.45, 2.75) is 13.2 Å². The minimum absolute atomic E-state index is 0.0152. The van der Waals surface area contributed by atoms with E-state index in [1.54, 1.807) is 60.5 Å². The Labute approximate surface area is 219 Å². The Kier molecular flexibility index (Phi) is 7.15. The van der Waals surface area contributed by atoms with Crippen molar-refractivity contribution in [3.63, 3.8) is 0 Å². The van der Waals surface area contributed by atoms with Crippen LogP contribution in [0.1, 0.15) is 47.8 Å². The number of nitrogens with one attached hydrogen (secondary N) is 2. The number of carbonyl (C=O) groups excluding carboxylic acids is 4. The highest BCUT2D eigenvalue weighted by Gasteiger charge is 2.33. The van der Waals surface area contributed by atoms with Gasteiger partial charge in [0.15, 0.2) is 17.9 Å². The lowest BCUT2D eigenvalue weighted by atomic mass is 9.82. The van der Waals surface area contributed by atoms with E-state index in [1.807, 2.05) is 6.92 Å². The number of hydrogen-bond donors (Lipinski definition) is 2. The number of likely N-dealkylation sites (N-methyl/N-ethyl adjacent to an activating group) is 1. The third kappa shape index (κ3) is 5.12. The molecular formula is C29H27N3O6. The van der Waals surface area contributed by atoms with Gasteiger partial charge in [-0.25, -0.2) is 0 Å². The number of amides is 2. The summed E-state index contributed by atoms with van der Waals surface area (Å²) in [6, 6.07) is 16.5. The summed E-state index contributed by atoms with van der Waals surface area (Å²) in [5, 5.41) is 5.59. The van der Waals surface area contributed by atoms with Gasteiger partial charge >= 0.3 is 0 Å². The molecule has 1 saturated heterocycles. The van der Waals surface area contributed by atoms with Crippen molar-refractivity contribution in [1.29, 1.82) is 0 Å². The molecule has 0 spiro atoms. The number of fused-ring (bicyclic) bond motifs is 2.